The van der Waals surface area contributed by atoms with E-state index in [-0.39, 0.29) is 12.6 Å². The van der Waals surface area contributed by atoms with E-state index in [4.69, 9.17) is 31.8 Å². The molecule has 3 rings (SSSR count). The van der Waals surface area contributed by atoms with Crippen LogP contribution in [-0.2, 0) is 9.47 Å². The lowest BCUT2D eigenvalue weighted by Gasteiger charge is -2.26. The highest BCUT2D eigenvalue weighted by molar-refractivity contribution is 5.57. The molecule has 2 atom stereocenters. The fourth-order valence-electron chi connectivity index (χ4n) is 2.87. The molecule has 4 heteroatoms. The van der Waals surface area contributed by atoms with Crippen molar-refractivity contribution in [3.8, 4) is 36.2 Å². The van der Waals surface area contributed by atoms with E-state index in [9.17, 15) is 0 Å². The molecule has 0 aromatic heterocycles. The Bertz CT molecular complexity index is 588. The van der Waals surface area contributed by atoms with Gasteiger partial charge in [-0.1, -0.05) is 11.8 Å². The number of terminal acetylenes is 2. The van der Waals surface area contributed by atoms with Crippen molar-refractivity contribution in [2.75, 3.05) is 13.2 Å². The molecular formula is C20H22O4. The summed E-state index contributed by atoms with van der Waals surface area (Å²) in [5, 5.41) is 0. The highest BCUT2D eigenvalue weighted by atomic mass is 16.7. The molecule has 24 heavy (non-hydrogen) atoms. The summed E-state index contributed by atoms with van der Waals surface area (Å²) in [5.74, 6) is 6.38. The number of rotatable bonds is 4. The molecule has 126 valence electrons. The Labute approximate surface area is 143 Å². The smallest absolute Gasteiger partial charge is 0.199 e. The first-order valence-corrected chi connectivity index (χ1v) is 8.48. The second-order valence-electron chi connectivity index (χ2n) is 5.96. The van der Waals surface area contributed by atoms with Crippen molar-refractivity contribution in [1.82, 2.24) is 0 Å². The molecule has 1 aromatic carbocycles. The minimum absolute atomic E-state index is 0.277. The first-order valence-electron chi connectivity index (χ1n) is 8.48. The Balaban J connectivity index is 1.82. The van der Waals surface area contributed by atoms with Crippen molar-refractivity contribution in [3.63, 3.8) is 0 Å². The number of hydrogen-bond acceptors (Lipinski definition) is 4. The molecular weight excluding hydrogens is 304 g/mol. The zero-order valence-corrected chi connectivity index (χ0v) is 13.8. The van der Waals surface area contributed by atoms with E-state index in [1.54, 1.807) is 12.1 Å². The van der Waals surface area contributed by atoms with Crippen LogP contribution in [0.25, 0.3) is 0 Å². The summed E-state index contributed by atoms with van der Waals surface area (Å²) in [5.41, 5.74) is 1.21. The molecule has 0 radical (unpaired) electrons. The van der Waals surface area contributed by atoms with Crippen LogP contribution in [0.15, 0.2) is 12.1 Å². The van der Waals surface area contributed by atoms with Gasteiger partial charge >= 0.3 is 0 Å². The molecule has 4 nitrogen and oxygen atoms in total. The molecule has 0 N–H and O–H groups in total. The first-order chi connectivity index (χ1) is 11.8. The van der Waals surface area contributed by atoms with Gasteiger partial charge in [-0.25, -0.2) is 0 Å². The topological polar surface area (TPSA) is 36.9 Å². The molecule has 2 aliphatic heterocycles. The largest absolute Gasteiger partial charge is 0.464 e. The molecule has 0 amide bonds. The number of ether oxygens (including phenoxy) is 4. The van der Waals surface area contributed by atoms with E-state index in [0.717, 1.165) is 38.5 Å². The van der Waals surface area contributed by atoms with Crippen molar-refractivity contribution in [3.05, 3.63) is 23.3 Å². The zero-order chi connectivity index (χ0) is 16.8. The predicted molar refractivity (Wildman–Crippen MR) is 90.8 cm³/mol. The second kappa shape index (κ2) is 8.11. The summed E-state index contributed by atoms with van der Waals surface area (Å²) < 4.78 is 23.2. The van der Waals surface area contributed by atoms with E-state index in [2.05, 4.69) is 11.8 Å². The third-order valence-corrected chi connectivity index (χ3v) is 4.19. The van der Waals surface area contributed by atoms with E-state index < -0.39 is 0 Å². The van der Waals surface area contributed by atoms with Gasteiger partial charge in [0.1, 0.15) is 11.5 Å². The third kappa shape index (κ3) is 4.03. The van der Waals surface area contributed by atoms with Crippen molar-refractivity contribution in [1.29, 1.82) is 0 Å². The molecule has 0 saturated carbocycles. The summed E-state index contributed by atoms with van der Waals surface area (Å²) in [7, 11) is 0. The quantitative estimate of drug-likeness (QED) is 0.794. The zero-order valence-electron chi connectivity index (χ0n) is 13.8. The van der Waals surface area contributed by atoms with Crippen LogP contribution < -0.4 is 9.47 Å². The van der Waals surface area contributed by atoms with Gasteiger partial charge in [-0.2, -0.15) is 0 Å². The maximum absolute atomic E-state index is 5.95. The van der Waals surface area contributed by atoms with Gasteiger partial charge in [0.25, 0.3) is 0 Å². The van der Waals surface area contributed by atoms with Crippen molar-refractivity contribution >= 4 is 0 Å². The Hall–Kier alpha value is -2.14. The molecule has 0 aliphatic carbocycles. The summed E-state index contributed by atoms with van der Waals surface area (Å²) in [6.45, 7) is 1.41. The Morgan fingerprint density at radius 1 is 0.792 bits per heavy atom. The standard InChI is InChI=1S/C20H22O4/c1-3-15-13-16(4-2)18(24-20-10-6-8-12-22-20)14-17(15)23-19-9-5-7-11-21-19/h1-2,13-14,19-20H,5-12H2. The molecule has 0 bridgehead atoms. The summed E-state index contributed by atoms with van der Waals surface area (Å²) in [6.07, 6.45) is 16.6. The molecule has 2 fully saturated rings. The van der Waals surface area contributed by atoms with E-state index in [1.165, 1.54) is 0 Å². The van der Waals surface area contributed by atoms with Crippen LogP contribution in [0, 0.1) is 24.7 Å². The lowest BCUT2D eigenvalue weighted by Crippen LogP contribution is -2.26. The van der Waals surface area contributed by atoms with Gasteiger partial charge in [0, 0.05) is 18.9 Å². The Morgan fingerprint density at radius 3 is 1.67 bits per heavy atom. The number of hydrogen-bond donors (Lipinski definition) is 0. The summed E-state index contributed by atoms with van der Waals surface area (Å²) in [6, 6.07) is 3.51. The fourth-order valence-corrected chi connectivity index (χ4v) is 2.87. The minimum Gasteiger partial charge on any atom is -0.464 e. The van der Waals surface area contributed by atoms with Crippen LogP contribution >= 0.6 is 0 Å². The highest BCUT2D eigenvalue weighted by Gasteiger charge is 2.21. The molecule has 2 aliphatic rings. The van der Waals surface area contributed by atoms with Gasteiger partial charge in [0.2, 0.25) is 0 Å². The van der Waals surface area contributed by atoms with Gasteiger partial charge in [0.15, 0.2) is 12.6 Å². The first kappa shape index (κ1) is 16.7. The number of benzene rings is 1. The average molecular weight is 326 g/mol. The van der Waals surface area contributed by atoms with Crippen LogP contribution in [0.4, 0.5) is 0 Å². The van der Waals surface area contributed by atoms with Crippen LogP contribution in [0.3, 0.4) is 0 Å². The molecule has 2 saturated heterocycles. The van der Waals surface area contributed by atoms with Gasteiger partial charge < -0.3 is 18.9 Å². The van der Waals surface area contributed by atoms with Gasteiger partial charge in [-0.3, -0.25) is 0 Å². The van der Waals surface area contributed by atoms with Crippen LogP contribution in [0.2, 0.25) is 0 Å². The Kier molecular flexibility index (Phi) is 5.64. The second-order valence-corrected chi connectivity index (χ2v) is 5.96. The summed E-state index contributed by atoms with van der Waals surface area (Å²) >= 11 is 0. The van der Waals surface area contributed by atoms with Gasteiger partial charge in [-0.05, 0) is 31.7 Å². The third-order valence-electron chi connectivity index (χ3n) is 4.19. The minimum atomic E-state index is -0.277. The SMILES string of the molecule is C#Cc1cc(C#C)c(OC2CCCCO2)cc1OC1CCCCO1. The van der Waals surface area contributed by atoms with E-state index in [0.29, 0.717) is 35.8 Å². The molecule has 1 aromatic rings. The van der Waals surface area contributed by atoms with Crippen LogP contribution in [-0.4, -0.2) is 25.8 Å². The van der Waals surface area contributed by atoms with Crippen molar-refractivity contribution < 1.29 is 18.9 Å². The maximum atomic E-state index is 5.95. The lowest BCUT2D eigenvalue weighted by atomic mass is 10.1. The predicted octanol–water partition coefficient (Wildman–Crippen LogP) is 3.46. The Morgan fingerprint density at radius 2 is 1.29 bits per heavy atom. The molecule has 2 heterocycles. The molecule has 2 unspecified atom stereocenters. The van der Waals surface area contributed by atoms with Crippen LogP contribution in [0.5, 0.6) is 11.5 Å². The molecule has 0 spiro atoms. The lowest BCUT2D eigenvalue weighted by molar-refractivity contribution is -0.109. The average Bonchev–Trinajstić information content (AvgIpc) is 2.64. The van der Waals surface area contributed by atoms with Gasteiger partial charge in [0.05, 0.1) is 24.3 Å². The monoisotopic (exact) mass is 326 g/mol. The van der Waals surface area contributed by atoms with Gasteiger partial charge in [-0.15, -0.1) is 12.8 Å². The van der Waals surface area contributed by atoms with E-state index in [1.807, 2.05) is 0 Å². The highest BCUT2D eigenvalue weighted by Crippen LogP contribution is 2.32. The van der Waals surface area contributed by atoms with E-state index >= 15 is 0 Å². The fraction of sp³-hybridized carbons (Fsp3) is 0.500. The maximum Gasteiger partial charge on any atom is 0.199 e. The van der Waals surface area contributed by atoms with Crippen molar-refractivity contribution in [2.45, 2.75) is 51.1 Å². The van der Waals surface area contributed by atoms with Crippen LogP contribution in [0.1, 0.15) is 49.7 Å². The summed E-state index contributed by atoms with van der Waals surface area (Å²) in [4.78, 5) is 0. The van der Waals surface area contributed by atoms with Crippen molar-refractivity contribution in [2.24, 2.45) is 0 Å². The normalized spacial score (nSPS) is 23.8.